The highest BCUT2D eigenvalue weighted by atomic mass is 16.5. The predicted molar refractivity (Wildman–Crippen MR) is 88.5 cm³/mol. The molecule has 0 saturated carbocycles. The van der Waals surface area contributed by atoms with Gasteiger partial charge in [0.25, 0.3) is 11.8 Å². The first-order valence-corrected chi connectivity index (χ1v) is 8.53. The van der Waals surface area contributed by atoms with Crippen molar-refractivity contribution >= 4 is 11.8 Å². The van der Waals surface area contributed by atoms with E-state index in [0.29, 0.717) is 18.7 Å². The van der Waals surface area contributed by atoms with Crippen molar-refractivity contribution in [3.63, 3.8) is 0 Å². The van der Waals surface area contributed by atoms with E-state index in [4.69, 9.17) is 10.5 Å². The van der Waals surface area contributed by atoms with E-state index in [2.05, 4.69) is 6.07 Å². The Labute approximate surface area is 141 Å². The second-order valence-corrected chi connectivity index (χ2v) is 6.74. The molecule has 0 bridgehead atoms. The Morgan fingerprint density at radius 1 is 1.21 bits per heavy atom. The standard InChI is InChI=1S/C18H24N2O4/c19-17(22)18(23)8-3-9-20(12-18)16(21)11-24-15-7-6-13-4-1-2-5-14(13)10-15/h6-7,10,23H,1-5,8-9,11-12H2,(H2,19,22). The third-order valence-corrected chi connectivity index (χ3v) is 4.96. The zero-order chi connectivity index (χ0) is 17.2. The highest BCUT2D eigenvalue weighted by Gasteiger charge is 2.40. The van der Waals surface area contributed by atoms with Crippen molar-refractivity contribution in [2.24, 2.45) is 5.73 Å². The molecule has 1 aromatic rings. The van der Waals surface area contributed by atoms with Crippen LogP contribution in [0, 0.1) is 0 Å². The summed E-state index contributed by atoms with van der Waals surface area (Å²) in [5.41, 5.74) is 6.27. The number of piperidine rings is 1. The van der Waals surface area contributed by atoms with Gasteiger partial charge in [0.15, 0.2) is 12.2 Å². The van der Waals surface area contributed by atoms with Gasteiger partial charge in [-0.15, -0.1) is 0 Å². The molecule has 3 rings (SSSR count). The average molecular weight is 332 g/mol. The lowest BCUT2D eigenvalue weighted by Crippen LogP contribution is -2.57. The van der Waals surface area contributed by atoms with Gasteiger partial charge < -0.3 is 20.5 Å². The summed E-state index contributed by atoms with van der Waals surface area (Å²) in [4.78, 5) is 25.1. The number of hydrogen-bond acceptors (Lipinski definition) is 4. The first kappa shape index (κ1) is 16.8. The Hall–Kier alpha value is -2.08. The van der Waals surface area contributed by atoms with Crippen LogP contribution in [0.2, 0.25) is 0 Å². The molecule has 2 aliphatic rings. The number of carbonyl (C=O) groups excluding carboxylic acids is 2. The fourth-order valence-electron chi connectivity index (χ4n) is 3.49. The van der Waals surface area contributed by atoms with E-state index < -0.39 is 11.5 Å². The maximum atomic E-state index is 12.3. The quantitative estimate of drug-likeness (QED) is 0.852. The van der Waals surface area contributed by atoms with Gasteiger partial charge in [-0.2, -0.15) is 0 Å². The summed E-state index contributed by atoms with van der Waals surface area (Å²) >= 11 is 0. The van der Waals surface area contributed by atoms with Crippen molar-refractivity contribution in [1.82, 2.24) is 4.90 Å². The van der Waals surface area contributed by atoms with Crippen LogP contribution in [0.25, 0.3) is 0 Å². The van der Waals surface area contributed by atoms with Gasteiger partial charge in [-0.25, -0.2) is 0 Å². The van der Waals surface area contributed by atoms with Gasteiger partial charge >= 0.3 is 0 Å². The number of benzene rings is 1. The number of rotatable bonds is 4. The minimum atomic E-state index is -1.63. The maximum absolute atomic E-state index is 12.3. The lowest BCUT2D eigenvalue weighted by Gasteiger charge is -2.36. The number of ether oxygens (including phenoxy) is 1. The van der Waals surface area contributed by atoms with E-state index in [1.165, 1.54) is 28.9 Å². The van der Waals surface area contributed by atoms with Crippen molar-refractivity contribution in [1.29, 1.82) is 0 Å². The van der Waals surface area contributed by atoms with Crippen LogP contribution in [0.15, 0.2) is 18.2 Å². The van der Waals surface area contributed by atoms with Crippen LogP contribution in [-0.2, 0) is 22.4 Å². The second-order valence-electron chi connectivity index (χ2n) is 6.74. The molecule has 1 saturated heterocycles. The van der Waals surface area contributed by atoms with E-state index in [1.54, 1.807) is 0 Å². The Balaban J connectivity index is 1.58. The van der Waals surface area contributed by atoms with Gasteiger partial charge in [0.2, 0.25) is 0 Å². The summed E-state index contributed by atoms with van der Waals surface area (Å²) in [6, 6.07) is 5.98. The van der Waals surface area contributed by atoms with Crippen LogP contribution in [-0.4, -0.2) is 47.1 Å². The highest BCUT2D eigenvalue weighted by molar-refractivity contribution is 5.85. The molecule has 1 aromatic carbocycles. The molecular weight excluding hydrogens is 308 g/mol. The largest absolute Gasteiger partial charge is 0.484 e. The number of β-amino-alcohol motifs (C(OH)–C–C–N with tert-alkyl or cyclic N) is 1. The molecule has 1 fully saturated rings. The Morgan fingerprint density at radius 2 is 1.96 bits per heavy atom. The molecule has 130 valence electrons. The molecule has 1 atom stereocenters. The summed E-state index contributed by atoms with van der Waals surface area (Å²) in [5.74, 6) is -0.339. The topological polar surface area (TPSA) is 92.9 Å². The number of hydrogen-bond donors (Lipinski definition) is 2. The van der Waals surface area contributed by atoms with E-state index >= 15 is 0 Å². The monoisotopic (exact) mass is 332 g/mol. The van der Waals surface area contributed by atoms with E-state index in [0.717, 1.165) is 12.8 Å². The number of nitrogens with zero attached hydrogens (tertiary/aromatic N) is 1. The van der Waals surface area contributed by atoms with Crippen LogP contribution in [0.1, 0.15) is 36.8 Å². The van der Waals surface area contributed by atoms with Crippen molar-refractivity contribution in [2.75, 3.05) is 19.7 Å². The molecule has 1 unspecified atom stereocenters. The first-order valence-electron chi connectivity index (χ1n) is 8.53. The highest BCUT2D eigenvalue weighted by Crippen LogP contribution is 2.26. The summed E-state index contributed by atoms with van der Waals surface area (Å²) in [6.07, 6.45) is 5.41. The molecule has 1 heterocycles. The van der Waals surface area contributed by atoms with Crippen LogP contribution in [0.3, 0.4) is 0 Å². The molecule has 24 heavy (non-hydrogen) atoms. The van der Waals surface area contributed by atoms with Crippen molar-refractivity contribution in [3.05, 3.63) is 29.3 Å². The number of likely N-dealkylation sites (tertiary alicyclic amines) is 1. The summed E-state index contributed by atoms with van der Waals surface area (Å²) in [7, 11) is 0. The zero-order valence-corrected chi connectivity index (χ0v) is 13.8. The third kappa shape index (κ3) is 3.53. The summed E-state index contributed by atoms with van der Waals surface area (Å²) in [6.45, 7) is 0.338. The smallest absolute Gasteiger partial charge is 0.260 e. The number of amides is 2. The van der Waals surface area contributed by atoms with Gasteiger partial charge in [-0.3, -0.25) is 9.59 Å². The Kier molecular flexibility index (Phi) is 4.76. The van der Waals surface area contributed by atoms with Crippen molar-refractivity contribution in [3.8, 4) is 5.75 Å². The minimum Gasteiger partial charge on any atom is -0.484 e. The SMILES string of the molecule is NC(=O)C1(O)CCCN(C(=O)COc2ccc3c(c2)CCCC3)C1. The zero-order valence-electron chi connectivity index (χ0n) is 13.8. The second kappa shape index (κ2) is 6.81. The van der Waals surface area contributed by atoms with Gasteiger partial charge in [0.05, 0.1) is 6.54 Å². The molecule has 3 N–H and O–H groups in total. The average Bonchev–Trinajstić information content (AvgIpc) is 2.59. The van der Waals surface area contributed by atoms with Crippen LogP contribution in [0.4, 0.5) is 0 Å². The van der Waals surface area contributed by atoms with E-state index in [-0.39, 0.29) is 25.5 Å². The molecule has 0 spiro atoms. The third-order valence-electron chi connectivity index (χ3n) is 4.96. The molecular formula is C18H24N2O4. The van der Waals surface area contributed by atoms with Gasteiger partial charge in [0, 0.05) is 6.54 Å². The van der Waals surface area contributed by atoms with Crippen LogP contribution in [0.5, 0.6) is 5.75 Å². The lowest BCUT2D eigenvalue weighted by atomic mass is 9.92. The minimum absolute atomic E-state index is 0.0608. The lowest BCUT2D eigenvalue weighted by molar-refractivity contribution is -0.150. The van der Waals surface area contributed by atoms with Crippen molar-refractivity contribution in [2.45, 2.75) is 44.1 Å². The number of nitrogens with two attached hydrogens (primary N) is 1. The number of aryl methyl sites for hydroxylation is 2. The number of fused-ring (bicyclic) bond motifs is 1. The molecule has 2 amide bonds. The van der Waals surface area contributed by atoms with Gasteiger partial charge in [0.1, 0.15) is 5.75 Å². The molecule has 0 aromatic heterocycles. The maximum Gasteiger partial charge on any atom is 0.260 e. The normalized spacial score (nSPS) is 23.5. The number of aliphatic hydroxyl groups is 1. The van der Waals surface area contributed by atoms with E-state index in [9.17, 15) is 14.7 Å². The first-order chi connectivity index (χ1) is 11.5. The predicted octanol–water partition coefficient (Wildman–Crippen LogP) is 0.783. The number of primary amides is 1. The summed E-state index contributed by atoms with van der Waals surface area (Å²) in [5, 5.41) is 10.2. The summed E-state index contributed by atoms with van der Waals surface area (Å²) < 4.78 is 5.63. The fourth-order valence-corrected chi connectivity index (χ4v) is 3.49. The molecule has 6 nitrogen and oxygen atoms in total. The molecule has 1 aliphatic carbocycles. The molecule has 1 aliphatic heterocycles. The Morgan fingerprint density at radius 3 is 2.71 bits per heavy atom. The van der Waals surface area contributed by atoms with Crippen LogP contribution >= 0.6 is 0 Å². The van der Waals surface area contributed by atoms with Gasteiger partial charge in [-0.05, 0) is 61.8 Å². The van der Waals surface area contributed by atoms with Crippen molar-refractivity contribution < 1.29 is 19.4 Å². The molecule has 0 radical (unpaired) electrons. The number of carbonyl (C=O) groups is 2. The van der Waals surface area contributed by atoms with Gasteiger partial charge in [-0.1, -0.05) is 6.07 Å². The fraction of sp³-hybridized carbons (Fsp3) is 0.556. The van der Waals surface area contributed by atoms with E-state index in [1.807, 2.05) is 12.1 Å². The Bertz CT molecular complexity index is 646. The van der Waals surface area contributed by atoms with Crippen LogP contribution < -0.4 is 10.5 Å². The molecule has 6 heteroatoms.